The van der Waals surface area contributed by atoms with E-state index in [1.165, 1.54) is 16.7 Å². The monoisotopic (exact) mass is 366 g/mol. The molecule has 0 spiro atoms. The van der Waals surface area contributed by atoms with Gasteiger partial charge in [0.05, 0.1) is 0 Å². The number of para-hydroxylation sites is 1. The van der Waals surface area contributed by atoms with Crippen molar-refractivity contribution in [1.29, 1.82) is 0 Å². The van der Waals surface area contributed by atoms with Gasteiger partial charge in [-0.1, -0.05) is 30.4 Å². The van der Waals surface area contributed by atoms with Crippen LogP contribution in [-0.4, -0.2) is 62.5 Å². The van der Waals surface area contributed by atoms with Gasteiger partial charge in [-0.05, 0) is 12.1 Å². The summed E-state index contributed by atoms with van der Waals surface area (Å²) in [6.07, 6.45) is 0. The summed E-state index contributed by atoms with van der Waals surface area (Å²) in [6, 6.07) is 7.01. The number of aliphatic carboxylic acids is 1. The van der Waals surface area contributed by atoms with Gasteiger partial charge in [0.1, 0.15) is 17.2 Å². The molecular weight excluding hydrogens is 352 g/mol. The summed E-state index contributed by atoms with van der Waals surface area (Å²) in [7, 11) is 0. The zero-order valence-electron chi connectivity index (χ0n) is 12.4. The predicted octanol–water partition coefficient (Wildman–Crippen LogP) is 0.288. The summed E-state index contributed by atoms with van der Waals surface area (Å²) < 4.78 is 5.33. The smallest absolute Gasteiger partial charge is 0.331 e. The maximum Gasteiger partial charge on any atom is 0.331 e. The average Bonchev–Trinajstić information content (AvgIpc) is 2.58. The second-order valence-corrected chi connectivity index (χ2v) is 6.93. The van der Waals surface area contributed by atoms with Crippen LogP contribution in [0.15, 0.2) is 30.3 Å². The molecule has 3 atom stereocenters. The Hall–Kier alpha value is -2.13. The minimum absolute atomic E-state index is 0.216. The summed E-state index contributed by atoms with van der Waals surface area (Å²) >= 11 is 6.40. The number of rotatable bonds is 5. The molecule has 2 aliphatic rings. The molecule has 126 valence electrons. The fraction of sp³-hybridized carbons (Fsp3) is 0.333. The highest BCUT2D eigenvalue weighted by molar-refractivity contribution is 8.02. The molecule has 0 aromatic heterocycles. The third kappa shape index (κ3) is 3.09. The highest BCUT2D eigenvalue weighted by Crippen LogP contribution is 2.37. The molecule has 7 nitrogen and oxygen atoms in total. The predicted molar refractivity (Wildman–Crippen MR) is 91.0 cm³/mol. The molecule has 9 heteroatoms. The molecule has 2 fully saturated rings. The zero-order chi connectivity index (χ0) is 17.3. The maximum atomic E-state index is 12.2. The summed E-state index contributed by atoms with van der Waals surface area (Å²) in [5, 5.41) is 11.4. The summed E-state index contributed by atoms with van der Waals surface area (Å²) in [6.45, 7) is -0.216. The lowest BCUT2D eigenvalue weighted by atomic mass is 10.0. The van der Waals surface area contributed by atoms with Crippen LogP contribution in [0.1, 0.15) is 0 Å². The van der Waals surface area contributed by atoms with Crippen LogP contribution in [-0.2, 0) is 14.4 Å². The number of ether oxygens (including phenoxy) is 1. The van der Waals surface area contributed by atoms with E-state index in [0.29, 0.717) is 16.4 Å². The first-order chi connectivity index (χ1) is 11.5. The number of nitrogens with one attached hydrogen (secondary N) is 1. The van der Waals surface area contributed by atoms with Gasteiger partial charge in [0, 0.05) is 10.6 Å². The first-order valence-electron chi connectivity index (χ1n) is 7.15. The van der Waals surface area contributed by atoms with E-state index in [1.807, 2.05) is 6.07 Å². The van der Waals surface area contributed by atoms with Gasteiger partial charge in [0.15, 0.2) is 12.6 Å². The topological polar surface area (TPSA) is 95.9 Å². The normalized spacial score (nSPS) is 25.5. The number of β-lactam (4-membered cyclic amide) rings is 1. The standard InChI is InChI=1S/C15H14N2O5S2/c18-10(6-22-8-4-2-1-3-5-8)16-11-13(19)17-12(15(20)21)9(23)7-24-14(11)17/h1-5,11-12,14H,6-7H2,(H,16,18)(H,20,21)/t11-,12?,14+/m1/s1. The number of carbonyl (C=O) groups excluding carboxylic acids is 2. The lowest BCUT2D eigenvalue weighted by Gasteiger charge is -2.51. The maximum absolute atomic E-state index is 12.2. The quantitative estimate of drug-likeness (QED) is 0.571. The number of carboxylic acid groups (broad SMARTS) is 1. The van der Waals surface area contributed by atoms with E-state index in [-0.39, 0.29) is 6.61 Å². The Morgan fingerprint density at radius 3 is 2.75 bits per heavy atom. The molecular formula is C15H14N2O5S2. The highest BCUT2D eigenvalue weighted by atomic mass is 32.2. The van der Waals surface area contributed by atoms with E-state index in [4.69, 9.17) is 17.0 Å². The van der Waals surface area contributed by atoms with E-state index >= 15 is 0 Å². The van der Waals surface area contributed by atoms with Gasteiger partial charge in [-0.3, -0.25) is 9.59 Å². The number of carboxylic acids is 1. The van der Waals surface area contributed by atoms with Crippen LogP contribution in [0, 0.1) is 0 Å². The number of thioether (sulfide) groups is 1. The summed E-state index contributed by atoms with van der Waals surface area (Å²) in [5.41, 5.74) is 0. The molecule has 2 amide bonds. The lowest BCUT2D eigenvalue weighted by Crippen LogP contribution is -2.76. The molecule has 1 aromatic carbocycles. The van der Waals surface area contributed by atoms with Gasteiger partial charge in [0.25, 0.3) is 5.91 Å². The Balaban J connectivity index is 1.57. The number of fused-ring (bicyclic) bond motifs is 1. The van der Waals surface area contributed by atoms with Gasteiger partial charge in [0.2, 0.25) is 5.91 Å². The Morgan fingerprint density at radius 2 is 2.08 bits per heavy atom. The minimum Gasteiger partial charge on any atom is -0.484 e. The van der Waals surface area contributed by atoms with E-state index in [1.54, 1.807) is 24.3 Å². The zero-order valence-corrected chi connectivity index (χ0v) is 14.0. The third-order valence-electron chi connectivity index (χ3n) is 3.72. The van der Waals surface area contributed by atoms with Crippen molar-refractivity contribution < 1.29 is 24.2 Å². The fourth-order valence-corrected chi connectivity index (χ4v) is 4.28. The number of hydrogen-bond acceptors (Lipinski definition) is 6. The SMILES string of the molecule is O=C(COc1ccccc1)N[C@@H]1C(=O)N2C(C(=O)O)C(=S)CS[C@@H]12. The Labute approximate surface area is 147 Å². The number of benzene rings is 1. The van der Waals surface area contributed by atoms with Crippen molar-refractivity contribution in [3.63, 3.8) is 0 Å². The lowest BCUT2D eigenvalue weighted by molar-refractivity contribution is -0.158. The molecule has 0 saturated carbocycles. The van der Waals surface area contributed by atoms with Crippen molar-refractivity contribution in [3.05, 3.63) is 30.3 Å². The Kier molecular flexibility index (Phi) is 4.72. The molecule has 0 radical (unpaired) electrons. The first-order valence-corrected chi connectivity index (χ1v) is 8.61. The van der Waals surface area contributed by atoms with Crippen LogP contribution >= 0.6 is 24.0 Å². The number of amides is 2. The number of nitrogens with zero attached hydrogens (tertiary/aromatic N) is 1. The highest BCUT2D eigenvalue weighted by Gasteiger charge is 2.56. The molecule has 0 aliphatic carbocycles. The van der Waals surface area contributed by atoms with Crippen molar-refractivity contribution in [2.24, 2.45) is 0 Å². The van der Waals surface area contributed by atoms with Crippen molar-refractivity contribution in [1.82, 2.24) is 10.2 Å². The Bertz CT molecular complexity index is 696. The minimum atomic E-state index is -1.14. The van der Waals surface area contributed by atoms with Crippen LogP contribution in [0.2, 0.25) is 0 Å². The molecule has 0 bridgehead atoms. The first kappa shape index (κ1) is 16.7. The second-order valence-electron chi connectivity index (χ2n) is 5.30. The van der Waals surface area contributed by atoms with Gasteiger partial charge in [-0.2, -0.15) is 0 Å². The van der Waals surface area contributed by atoms with Crippen LogP contribution < -0.4 is 10.1 Å². The molecule has 3 rings (SSSR count). The van der Waals surface area contributed by atoms with Crippen molar-refractivity contribution in [2.75, 3.05) is 12.4 Å². The molecule has 1 unspecified atom stereocenters. The fourth-order valence-electron chi connectivity index (χ4n) is 2.61. The number of thiocarbonyl (C=S) groups is 1. The molecule has 1 aromatic rings. The van der Waals surface area contributed by atoms with E-state index in [9.17, 15) is 19.5 Å². The average molecular weight is 366 g/mol. The number of carbonyl (C=O) groups is 3. The number of hydrogen-bond donors (Lipinski definition) is 2. The van der Waals surface area contributed by atoms with Crippen molar-refractivity contribution in [2.45, 2.75) is 17.5 Å². The Morgan fingerprint density at radius 1 is 1.38 bits per heavy atom. The molecule has 2 aliphatic heterocycles. The van der Waals surface area contributed by atoms with Gasteiger partial charge < -0.3 is 20.1 Å². The summed E-state index contributed by atoms with van der Waals surface area (Å²) in [4.78, 5) is 37.0. The van der Waals surface area contributed by atoms with Crippen LogP contribution in [0.3, 0.4) is 0 Å². The second kappa shape index (κ2) is 6.78. The van der Waals surface area contributed by atoms with Gasteiger partial charge in [-0.15, -0.1) is 11.8 Å². The van der Waals surface area contributed by atoms with Crippen LogP contribution in [0.5, 0.6) is 5.75 Å². The van der Waals surface area contributed by atoms with Crippen LogP contribution in [0.4, 0.5) is 0 Å². The largest absolute Gasteiger partial charge is 0.484 e. The van der Waals surface area contributed by atoms with Crippen molar-refractivity contribution in [3.8, 4) is 5.75 Å². The van der Waals surface area contributed by atoms with Crippen LogP contribution in [0.25, 0.3) is 0 Å². The van der Waals surface area contributed by atoms with E-state index < -0.39 is 35.2 Å². The molecule has 24 heavy (non-hydrogen) atoms. The van der Waals surface area contributed by atoms with E-state index in [0.717, 1.165) is 0 Å². The summed E-state index contributed by atoms with van der Waals surface area (Å²) in [5.74, 6) is -1.09. The van der Waals surface area contributed by atoms with Gasteiger partial charge >= 0.3 is 5.97 Å². The van der Waals surface area contributed by atoms with Crippen molar-refractivity contribution >= 4 is 46.6 Å². The van der Waals surface area contributed by atoms with Gasteiger partial charge in [-0.25, -0.2) is 4.79 Å². The molecule has 2 heterocycles. The molecule has 2 N–H and O–H groups in total. The molecule has 2 saturated heterocycles. The third-order valence-corrected chi connectivity index (χ3v) is 5.59. The van der Waals surface area contributed by atoms with E-state index in [2.05, 4.69) is 5.32 Å².